The third-order valence-electron chi connectivity index (χ3n) is 3.91. The van der Waals surface area contributed by atoms with Gasteiger partial charge >= 0.3 is 6.61 Å². The molecule has 0 bridgehead atoms. The summed E-state index contributed by atoms with van der Waals surface area (Å²) in [5.74, 6) is 1.65. The second kappa shape index (κ2) is 13.8. The van der Waals surface area contributed by atoms with Crippen molar-refractivity contribution in [2.45, 2.75) is 39.8 Å². The molecular formula is C19H30F2IN3O3. The van der Waals surface area contributed by atoms with E-state index < -0.39 is 6.61 Å². The van der Waals surface area contributed by atoms with Crippen molar-refractivity contribution in [3.63, 3.8) is 0 Å². The van der Waals surface area contributed by atoms with Crippen molar-refractivity contribution in [1.29, 1.82) is 0 Å². The van der Waals surface area contributed by atoms with E-state index in [0.717, 1.165) is 12.5 Å². The number of halogens is 3. The lowest BCUT2D eigenvalue weighted by Crippen LogP contribution is -2.39. The van der Waals surface area contributed by atoms with Crippen molar-refractivity contribution in [2.75, 3.05) is 32.9 Å². The van der Waals surface area contributed by atoms with Crippen molar-refractivity contribution in [2.24, 2.45) is 10.9 Å². The highest BCUT2D eigenvalue weighted by Gasteiger charge is 2.20. The van der Waals surface area contributed by atoms with Crippen LogP contribution in [0.25, 0.3) is 0 Å². The lowest BCUT2D eigenvalue weighted by molar-refractivity contribution is -0.0520. The summed E-state index contributed by atoms with van der Waals surface area (Å²) in [6.07, 6.45) is 2.53. The zero-order valence-corrected chi connectivity index (χ0v) is 18.7. The summed E-state index contributed by atoms with van der Waals surface area (Å²) < 4.78 is 41.2. The van der Waals surface area contributed by atoms with E-state index >= 15 is 0 Å². The number of aliphatic imine (C=N–C) groups is 1. The van der Waals surface area contributed by atoms with Crippen LogP contribution in [0.2, 0.25) is 0 Å². The van der Waals surface area contributed by atoms with E-state index in [-0.39, 0.29) is 42.0 Å². The fourth-order valence-corrected chi connectivity index (χ4v) is 2.46. The Morgan fingerprint density at radius 2 is 2.04 bits per heavy atom. The SMILES string of the molecule is CCNC(=NCc1cccc(OCC)c1OC(F)F)NCCOCC1CC1.I. The maximum absolute atomic E-state index is 12.8. The topological polar surface area (TPSA) is 64.1 Å². The minimum Gasteiger partial charge on any atom is -0.490 e. The van der Waals surface area contributed by atoms with Gasteiger partial charge in [-0.2, -0.15) is 8.78 Å². The van der Waals surface area contributed by atoms with E-state index in [1.807, 2.05) is 6.92 Å². The second-order valence-electron chi connectivity index (χ2n) is 6.20. The Balaban J connectivity index is 0.00000392. The number of ether oxygens (including phenoxy) is 3. The summed E-state index contributed by atoms with van der Waals surface area (Å²) in [5, 5.41) is 6.31. The van der Waals surface area contributed by atoms with Gasteiger partial charge in [-0.1, -0.05) is 12.1 Å². The van der Waals surface area contributed by atoms with Gasteiger partial charge in [0.25, 0.3) is 0 Å². The van der Waals surface area contributed by atoms with Crippen LogP contribution in [-0.4, -0.2) is 45.5 Å². The molecule has 9 heteroatoms. The zero-order chi connectivity index (χ0) is 19.5. The van der Waals surface area contributed by atoms with Gasteiger partial charge in [0.1, 0.15) is 0 Å². The van der Waals surface area contributed by atoms with Crippen molar-refractivity contribution >= 4 is 29.9 Å². The van der Waals surface area contributed by atoms with E-state index in [2.05, 4.69) is 20.4 Å². The Hall–Kier alpha value is -1.36. The molecule has 2 rings (SSSR count). The number of nitrogens with one attached hydrogen (secondary N) is 2. The highest BCUT2D eigenvalue weighted by molar-refractivity contribution is 14.0. The van der Waals surface area contributed by atoms with Crippen molar-refractivity contribution in [3.8, 4) is 11.5 Å². The fourth-order valence-electron chi connectivity index (χ4n) is 2.46. The fraction of sp³-hybridized carbons (Fsp3) is 0.632. The highest BCUT2D eigenvalue weighted by atomic mass is 127. The summed E-state index contributed by atoms with van der Waals surface area (Å²) in [6, 6.07) is 5.04. The quantitative estimate of drug-likeness (QED) is 0.193. The molecule has 160 valence electrons. The number of nitrogens with zero attached hydrogens (tertiary/aromatic N) is 1. The lowest BCUT2D eigenvalue weighted by Gasteiger charge is -2.15. The summed E-state index contributed by atoms with van der Waals surface area (Å²) in [5.41, 5.74) is 0.531. The molecule has 1 aromatic carbocycles. The number of rotatable bonds is 12. The van der Waals surface area contributed by atoms with E-state index in [0.29, 0.717) is 37.8 Å². The molecule has 2 N–H and O–H groups in total. The molecule has 0 amide bonds. The number of hydrogen-bond acceptors (Lipinski definition) is 4. The largest absolute Gasteiger partial charge is 0.490 e. The molecule has 28 heavy (non-hydrogen) atoms. The monoisotopic (exact) mass is 513 g/mol. The van der Waals surface area contributed by atoms with Gasteiger partial charge in [-0.15, -0.1) is 24.0 Å². The van der Waals surface area contributed by atoms with Crippen molar-refractivity contribution < 1.29 is 23.0 Å². The molecule has 0 spiro atoms. The van der Waals surface area contributed by atoms with Crippen LogP contribution >= 0.6 is 24.0 Å². The Bertz CT molecular complexity index is 602. The molecule has 1 aliphatic carbocycles. The van der Waals surface area contributed by atoms with Gasteiger partial charge in [0.15, 0.2) is 17.5 Å². The maximum atomic E-state index is 12.8. The van der Waals surface area contributed by atoms with Crippen molar-refractivity contribution in [3.05, 3.63) is 23.8 Å². The third-order valence-corrected chi connectivity index (χ3v) is 3.91. The third kappa shape index (κ3) is 9.22. The summed E-state index contributed by atoms with van der Waals surface area (Å²) >= 11 is 0. The average Bonchev–Trinajstić information content (AvgIpc) is 3.45. The summed E-state index contributed by atoms with van der Waals surface area (Å²) in [4.78, 5) is 4.46. The van der Waals surface area contributed by atoms with Crippen LogP contribution in [0.3, 0.4) is 0 Å². The van der Waals surface area contributed by atoms with E-state index in [4.69, 9.17) is 9.47 Å². The van der Waals surface area contributed by atoms with E-state index in [9.17, 15) is 8.78 Å². The molecule has 1 fully saturated rings. The molecule has 0 aromatic heterocycles. The highest BCUT2D eigenvalue weighted by Crippen LogP contribution is 2.33. The van der Waals surface area contributed by atoms with Gasteiger partial charge in [0, 0.05) is 25.3 Å². The Morgan fingerprint density at radius 3 is 2.68 bits per heavy atom. The number of benzene rings is 1. The average molecular weight is 513 g/mol. The van der Waals surface area contributed by atoms with Gasteiger partial charge in [-0.25, -0.2) is 4.99 Å². The van der Waals surface area contributed by atoms with Crippen LogP contribution in [0.15, 0.2) is 23.2 Å². The zero-order valence-electron chi connectivity index (χ0n) is 16.4. The minimum atomic E-state index is -2.93. The van der Waals surface area contributed by atoms with Crippen LogP contribution in [-0.2, 0) is 11.3 Å². The lowest BCUT2D eigenvalue weighted by atomic mass is 10.2. The van der Waals surface area contributed by atoms with Crippen LogP contribution in [0.1, 0.15) is 32.3 Å². The maximum Gasteiger partial charge on any atom is 0.387 e. The van der Waals surface area contributed by atoms with Gasteiger partial charge < -0.3 is 24.8 Å². The van der Waals surface area contributed by atoms with Crippen LogP contribution in [0.5, 0.6) is 11.5 Å². The Kier molecular flexibility index (Phi) is 12.1. The summed E-state index contributed by atoms with van der Waals surface area (Å²) in [6.45, 7) is 4.08. The number of alkyl halides is 2. The molecule has 0 aliphatic heterocycles. The van der Waals surface area contributed by atoms with Crippen LogP contribution in [0.4, 0.5) is 8.78 Å². The number of para-hydroxylation sites is 1. The second-order valence-corrected chi connectivity index (χ2v) is 6.20. The Morgan fingerprint density at radius 1 is 1.25 bits per heavy atom. The molecule has 1 aromatic rings. The van der Waals surface area contributed by atoms with E-state index in [1.54, 1.807) is 25.1 Å². The predicted molar refractivity (Wildman–Crippen MR) is 116 cm³/mol. The van der Waals surface area contributed by atoms with Gasteiger partial charge in [0.05, 0.1) is 19.8 Å². The number of hydrogen-bond donors (Lipinski definition) is 2. The van der Waals surface area contributed by atoms with Gasteiger partial charge in [-0.05, 0) is 38.7 Å². The molecule has 1 aliphatic rings. The molecule has 0 heterocycles. The normalized spacial score (nSPS) is 13.8. The summed E-state index contributed by atoms with van der Waals surface area (Å²) in [7, 11) is 0. The molecule has 0 unspecified atom stereocenters. The van der Waals surface area contributed by atoms with E-state index in [1.165, 1.54) is 12.8 Å². The first-order valence-corrected chi connectivity index (χ1v) is 9.43. The van der Waals surface area contributed by atoms with Gasteiger partial charge in [-0.3, -0.25) is 0 Å². The molecule has 0 atom stereocenters. The first-order chi connectivity index (χ1) is 13.1. The van der Waals surface area contributed by atoms with Crippen LogP contribution < -0.4 is 20.1 Å². The predicted octanol–water partition coefficient (Wildman–Crippen LogP) is 3.79. The Labute approximate surface area is 182 Å². The molecule has 1 saturated carbocycles. The minimum absolute atomic E-state index is 0. The molecule has 0 saturated heterocycles. The molecule has 6 nitrogen and oxygen atoms in total. The first-order valence-electron chi connectivity index (χ1n) is 9.43. The van der Waals surface area contributed by atoms with Crippen LogP contribution in [0, 0.1) is 5.92 Å². The standard InChI is InChI=1S/C19H29F2N3O3.HI/c1-3-22-19(23-10-11-25-13-14-8-9-14)24-12-15-6-5-7-16(26-4-2)17(15)27-18(20)21;/h5-7,14,18H,3-4,8-13H2,1-2H3,(H2,22,23,24);1H. The van der Waals surface area contributed by atoms with Gasteiger partial charge in [0.2, 0.25) is 0 Å². The first kappa shape index (κ1) is 24.7. The smallest absolute Gasteiger partial charge is 0.387 e. The molecular weight excluding hydrogens is 483 g/mol. The number of guanidine groups is 1. The van der Waals surface area contributed by atoms with Crippen molar-refractivity contribution in [1.82, 2.24) is 10.6 Å². The molecule has 0 radical (unpaired) electrons.